The van der Waals surface area contributed by atoms with Gasteiger partial charge in [0, 0.05) is 4.21 Å². The van der Waals surface area contributed by atoms with Gasteiger partial charge in [-0.3, -0.25) is 0 Å². The Morgan fingerprint density at radius 1 is 1.20 bits per heavy atom. The van der Waals surface area contributed by atoms with E-state index >= 15 is 0 Å². The highest BCUT2D eigenvalue weighted by Gasteiger charge is 2.10. The molecule has 0 saturated carbocycles. The third-order valence-electron chi connectivity index (χ3n) is 0. The highest BCUT2D eigenvalue weighted by Crippen LogP contribution is 1.74. The molecule has 0 atom stereocenters. The number of hydrogen-bond donors (Lipinski definition) is 3. The Labute approximate surface area is 29.7 Å². The molecule has 0 aromatic heterocycles. The normalized spacial score (nSPS) is 11.8. The summed E-state index contributed by atoms with van der Waals surface area (Å²) in [4.78, 5) is 0. The SMILES string of the molecule is O=[S+](O)(O)O. The fraction of sp³-hybridized carbons (Fsp3) is 0. The van der Waals surface area contributed by atoms with Crippen LogP contribution < -0.4 is 0 Å². The van der Waals surface area contributed by atoms with Crippen LogP contribution in [0.2, 0.25) is 0 Å². The second kappa shape index (κ2) is 1.02. The molecule has 0 aromatic rings. The third kappa shape index (κ3) is 18500. The topological polar surface area (TPSA) is 77.8 Å². The molecule has 3 N–H and O–H groups in total. The average Bonchev–Trinajstić information content (AvgIpc) is 0.722. The molecule has 0 amide bonds. The molecule has 5 heteroatoms. The van der Waals surface area contributed by atoms with Crippen molar-refractivity contribution in [3.8, 4) is 0 Å². The second-order valence-corrected chi connectivity index (χ2v) is 1.41. The summed E-state index contributed by atoms with van der Waals surface area (Å²) in [5.74, 6) is 0. The van der Waals surface area contributed by atoms with Crippen LogP contribution in [0.15, 0.2) is 0 Å². The van der Waals surface area contributed by atoms with Crippen LogP contribution in [-0.4, -0.2) is 13.7 Å². The van der Waals surface area contributed by atoms with Gasteiger partial charge in [-0.05, 0) is 0 Å². The molecule has 0 aliphatic heterocycles. The lowest BCUT2D eigenvalue weighted by molar-refractivity contribution is 0.306. The molecule has 0 aromatic carbocycles. The van der Waals surface area contributed by atoms with Gasteiger partial charge in [-0.25, -0.2) is 0 Å². The Bertz CT molecular complexity index is 49.8. The average molecular weight is 99.1 g/mol. The molecule has 0 radical (unpaired) electrons. The first-order valence-electron chi connectivity index (χ1n) is 0.714. The van der Waals surface area contributed by atoms with Crippen LogP contribution in [-0.2, 0) is 15.0 Å². The van der Waals surface area contributed by atoms with E-state index in [1.165, 1.54) is 0 Å². The summed E-state index contributed by atoms with van der Waals surface area (Å²) < 4.78 is 30.3. The van der Waals surface area contributed by atoms with Crippen molar-refractivity contribution >= 4 is 10.8 Å². The largest absolute Gasteiger partial charge is 0.505 e. The van der Waals surface area contributed by atoms with Crippen LogP contribution in [0.5, 0.6) is 0 Å². The Balaban J connectivity index is 3.47. The van der Waals surface area contributed by atoms with Gasteiger partial charge in [0.2, 0.25) is 0 Å². The lowest BCUT2D eigenvalue weighted by Crippen LogP contribution is -2.01. The van der Waals surface area contributed by atoms with Gasteiger partial charge < -0.3 is 0 Å². The summed E-state index contributed by atoms with van der Waals surface area (Å²) in [6.45, 7) is 0. The van der Waals surface area contributed by atoms with E-state index in [2.05, 4.69) is 0 Å². The molecule has 0 saturated heterocycles. The lowest BCUT2D eigenvalue weighted by Gasteiger charge is -1.70. The van der Waals surface area contributed by atoms with Gasteiger partial charge >= 0.3 is 10.8 Å². The monoisotopic (exact) mass is 99.0 g/mol. The summed E-state index contributed by atoms with van der Waals surface area (Å²) in [6, 6.07) is 0. The van der Waals surface area contributed by atoms with Crippen LogP contribution in [0.1, 0.15) is 0 Å². The van der Waals surface area contributed by atoms with Crippen molar-refractivity contribution in [1.82, 2.24) is 0 Å². The summed E-state index contributed by atoms with van der Waals surface area (Å²) in [5, 5.41) is 0. The Kier molecular flexibility index (Phi) is 1.02. The van der Waals surface area contributed by atoms with Gasteiger partial charge in [-0.1, -0.05) is 0 Å². The predicted molar refractivity (Wildman–Crippen MR) is 15.9 cm³/mol. The molecule has 0 rings (SSSR count). The van der Waals surface area contributed by atoms with Crippen LogP contribution in [0.25, 0.3) is 0 Å². The van der Waals surface area contributed by atoms with Crippen LogP contribution in [0.4, 0.5) is 0 Å². The second-order valence-electron chi connectivity index (χ2n) is 0.469. The Morgan fingerprint density at radius 3 is 1.20 bits per heavy atom. The van der Waals surface area contributed by atoms with E-state index in [0.717, 1.165) is 0 Å². The highest BCUT2D eigenvalue weighted by molar-refractivity contribution is 7.86. The van der Waals surface area contributed by atoms with Crippen molar-refractivity contribution in [3.05, 3.63) is 0 Å². The first-order valence-corrected chi connectivity index (χ1v) is 2.14. The van der Waals surface area contributed by atoms with Crippen molar-refractivity contribution in [2.75, 3.05) is 0 Å². The Hall–Kier alpha value is 0.0300. The molecule has 0 heterocycles. The fourth-order valence-electron chi connectivity index (χ4n) is 0. The van der Waals surface area contributed by atoms with E-state index in [-0.39, 0.29) is 0 Å². The predicted octanol–water partition coefficient (Wildman–Crippen LogP) is -0.0951. The zero-order chi connectivity index (χ0) is 4.50. The minimum Gasteiger partial charge on any atom is -0.129 e. The summed E-state index contributed by atoms with van der Waals surface area (Å²) >= 11 is 0. The van der Waals surface area contributed by atoms with Gasteiger partial charge in [0.15, 0.2) is 0 Å². The highest BCUT2D eigenvalue weighted by atomic mass is 32.3. The molecule has 32 valence electrons. The molecule has 5 heavy (non-hydrogen) atoms. The maximum atomic E-state index is 8.85. The van der Waals surface area contributed by atoms with E-state index < -0.39 is 10.8 Å². The van der Waals surface area contributed by atoms with Gasteiger partial charge in [-0.15, -0.1) is 13.7 Å². The van der Waals surface area contributed by atoms with Crippen molar-refractivity contribution in [3.63, 3.8) is 0 Å². The standard InChI is InChI=1S/H2O4S/c1-5(2,3)4/h(H2-,1,2,3,4)/p+1. The maximum absolute atomic E-state index is 8.85. The molecule has 0 bridgehead atoms. The molecule has 0 spiro atoms. The first-order chi connectivity index (χ1) is 2.00. The van der Waals surface area contributed by atoms with E-state index in [1.807, 2.05) is 0 Å². The fourth-order valence-corrected chi connectivity index (χ4v) is 0. The minimum absolute atomic E-state index is 4.42. The molecular formula is H3O4S+. The van der Waals surface area contributed by atoms with Gasteiger partial charge in [0.25, 0.3) is 0 Å². The van der Waals surface area contributed by atoms with E-state index in [9.17, 15) is 0 Å². The van der Waals surface area contributed by atoms with Crippen LogP contribution in [0.3, 0.4) is 0 Å². The molecule has 4 nitrogen and oxygen atoms in total. The van der Waals surface area contributed by atoms with Gasteiger partial charge in [-0.2, -0.15) is 0 Å². The van der Waals surface area contributed by atoms with Crippen molar-refractivity contribution in [2.24, 2.45) is 0 Å². The van der Waals surface area contributed by atoms with E-state index in [1.54, 1.807) is 0 Å². The zero-order valence-corrected chi connectivity index (χ0v) is 2.97. The number of hydrogen-bond acceptors (Lipinski definition) is 1. The summed E-state index contributed by atoms with van der Waals surface area (Å²) in [5.41, 5.74) is 0. The quantitative estimate of drug-likeness (QED) is 0.371. The third-order valence-corrected chi connectivity index (χ3v) is 0. The number of rotatable bonds is 0. The van der Waals surface area contributed by atoms with Crippen molar-refractivity contribution < 1.29 is 17.9 Å². The van der Waals surface area contributed by atoms with Crippen molar-refractivity contribution in [2.45, 2.75) is 0 Å². The minimum atomic E-state index is -4.42. The molecule has 0 aliphatic carbocycles. The molecule has 0 fully saturated rings. The van der Waals surface area contributed by atoms with E-state index in [0.29, 0.717) is 0 Å². The van der Waals surface area contributed by atoms with Gasteiger partial charge in [0.1, 0.15) is 0 Å². The molecule has 0 unspecified atom stereocenters. The van der Waals surface area contributed by atoms with Crippen molar-refractivity contribution in [1.29, 1.82) is 0 Å². The van der Waals surface area contributed by atoms with Crippen LogP contribution >= 0.6 is 0 Å². The summed E-state index contributed by atoms with van der Waals surface area (Å²) in [6.07, 6.45) is 0. The Morgan fingerprint density at radius 2 is 1.20 bits per heavy atom. The summed E-state index contributed by atoms with van der Waals surface area (Å²) in [7, 11) is -4.42. The maximum Gasteiger partial charge on any atom is 0.505 e. The van der Waals surface area contributed by atoms with E-state index in [4.69, 9.17) is 17.9 Å². The smallest absolute Gasteiger partial charge is 0.129 e. The zero-order valence-electron chi connectivity index (χ0n) is 2.16. The molecule has 0 aliphatic rings. The lowest BCUT2D eigenvalue weighted by atomic mass is 15.8. The first kappa shape index (κ1) is 5.03. The van der Waals surface area contributed by atoms with Crippen LogP contribution in [0, 0.1) is 0 Å². The molecular weight excluding hydrogens is 96.1 g/mol. The van der Waals surface area contributed by atoms with Gasteiger partial charge in [0.05, 0.1) is 0 Å².